The van der Waals surface area contributed by atoms with Gasteiger partial charge in [0, 0.05) is 24.5 Å². The monoisotopic (exact) mass is 241 g/mol. The Morgan fingerprint density at radius 2 is 2.38 bits per heavy atom. The average Bonchev–Trinajstić information content (AvgIpc) is 2.59. The number of ether oxygens (including phenoxy) is 1. The molecule has 1 aromatic rings. The van der Waals surface area contributed by atoms with Crippen LogP contribution in [0, 0.1) is 0 Å². The Morgan fingerprint density at radius 1 is 1.56 bits per heavy atom. The minimum absolute atomic E-state index is 0.171. The summed E-state index contributed by atoms with van der Waals surface area (Å²) < 4.78 is 5.80. The number of nitrogens with zero attached hydrogens (tertiary/aromatic N) is 1. The highest BCUT2D eigenvalue weighted by molar-refractivity contribution is 6.30. The molecule has 3 nitrogen and oxygen atoms in total. The van der Waals surface area contributed by atoms with Gasteiger partial charge in [-0.1, -0.05) is 11.6 Å². The number of rotatable bonds is 4. The first-order valence-electron chi connectivity index (χ1n) is 5.43. The molecule has 1 atom stereocenters. The van der Waals surface area contributed by atoms with E-state index in [1.54, 1.807) is 0 Å². The molecule has 16 heavy (non-hydrogen) atoms. The van der Waals surface area contributed by atoms with Gasteiger partial charge in [0.2, 0.25) is 0 Å². The maximum absolute atomic E-state index is 8.82. The van der Waals surface area contributed by atoms with E-state index in [1.165, 1.54) is 5.56 Å². The first-order chi connectivity index (χ1) is 7.69. The maximum atomic E-state index is 8.82. The van der Waals surface area contributed by atoms with Gasteiger partial charge in [0.1, 0.15) is 11.9 Å². The number of aliphatic hydroxyl groups is 1. The number of aliphatic hydroxyl groups excluding tert-OH is 1. The zero-order valence-corrected chi connectivity index (χ0v) is 10.1. The second-order valence-corrected chi connectivity index (χ2v) is 4.62. The van der Waals surface area contributed by atoms with Gasteiger partial charge in [0.25, 0.3) is 0 Å². The SMILES string of the molecule is CN(CCO)CC1Cc2cc(Cl)ccc2O1. The number of halogens is 1. The van der Waals surface area contributed by atoms with Crippen molar-refractivity contribution in [3.05, 3.63) is 28.8 Å². The van der Waals surface area contributed by atoms with Crippen LogP contribution in [0.3, 0.4) is 0 Å². The van der Waals surface area contributed by atoms with Crippen LogP contribution in [0.25, 0.3) is 0 Å². The summed E-state index contributed by atoms with van der Waals surface area (Å²) in [5.41, 5.74) is 1.18. The molecule has 1 aromatic carbocycles. The molecule has 0 radical (unpaired) electrons. The Balaban J connectivity index is 1.95. The summed E-state index contributed by atoms with van der Waals surface area (Å²) in [6.45, 7) is 1.69. The van der Waals surface area contributed by atoms with Crippen LogP contribution in [0.1, 0.15) is 5.56 Å². The van der Waals surface area contributed by atoms with Gasteiger partial charge >= 0.3 is 0 Å². The normalized spacial score (nSPS) is 18.6. The molecule has 0 aromatic heterocycles. The van der Waals surface area contributed by atoms with Crippen LogP contribution < -0.4 is 4.74 Å². The Bertz CT molecular complexity index is 370. The zero-order valence-electron chi connectivity index (χ0n) is 9.32. The van der Waals surface area contributed by atoms with E-state index in [2.05, 4.69) is 4.90 Å². The summed E-state index contributed by atoms with van der Waals surface area (Å²) in [7, 11) is 1.98. The van der Waals surface area contributed by atoms with Crippen molar-refractivity contribution in [1.29, 1.82) is 0 Å². The first kappa shape index (κ1) is 11.7. The van der Waals surface area contributed by atoms with Crippen molar-refractivity contribution in [2.45, 2.75) is 12.5 Å². The lowest BCUT2D eigenvalue weighted by molar-refractivity contribution is 0.148. The number of likely N-dealkylation sites (N-methyl/N-ethyl adjacent to an activating group) is 1. The van der Waals surface area contributed by atoms with E-state index in [0.29, 0.717) is 6.54 Å². The standard InChI is InChI=1S/C12H16ClNO2/c1-14(4-5-15)8-11-7-9-6-10(13)2-3-12(9)16-11/h2-3,6,11,15H,4-5,7-8H2,1H3. The fourth-order valence-corrected chi connectivity index (χ4v) is 2.20. The van der Waals surface area contributed by atoms with Gasteiger partial charge in [-0.15, -0.1) is 0 Å². The molecule has 0 aliphatic carbocycles. The summed E-state index contributed by atoms with van der Waals surface area (Å²) >= 11 is 5.93. The molecule has 0 fully saturated rings. The Labute approximate surface area is 101 Å². The van der Waals surface area contributed by atoms with E-state index < -0.39 is 0 Å². The molecule has 0 bridgehead atoms. The molecular weight excluding hydrogens is 226 g/mol. The largest absolute Gasteiger partial charge is 0.488 e. The van der Waals surface area contributed by atoms with E-state index in [0.717, 1.165) is 23.7 Å². The van der Waals surface area contributed by atoms with Gasteiger partial charge in [0.15, 0.2) is 0 Å². The lowest BCUT2D eigenvalue weighted by Crippen LogP contribution is -2.33. The molecule has 1 heterocycles. The lowest BCUT2D eigenvalue weighted by Gasteiger charge is -2.19. The lowest BCUT2D eigenvalue weighted by atomic mass is 10.1. The average molecular weight is 242 g/mol. The van der Waals surface area contributed by atoms with Crippen LogP contribution in [0.4, 0.5) is 0 Å². The second-order valence-electron chi connectivity index (χ2n) is 4.18. The number of benzene rings is 1. The van der Waals surface area contributed by atoms with E-state index in [4.69, 9.17) is 21.4 Å². The van der Waals surface area contributed by atoms with Crippen molar-refractivity contribution in [3.8, 4) is 5.75 Å². The fourth-order valence-electron chi connectivity index (χ4n) is 2.00. The van der Waals surface area contributed by atoms with Crippen molar-refractivity contribution in [1.82, 2.24) is 4.90 Å². The Kier molecular flexibility index (Phi) is 3.69. The fraction of sp³-hybridized carbons (Fsp3) is 0.500. The van der Waals surface area contributed by atoms with Gasteiger partial charge in [-0.2, -0.15) is 0 Å². The predicted molar refractivity (Wildman–Crippen MR) is 64.2 cm³/mol. The highest BCUT2D eigenvalue weighted by Gasteiger charge is 2.23. The van der Waals surface area contributed by atoms with E-state index in [1.807, 2.05) is 25.2 Å². The maximum Gasteiger partial charge on any atom is 0.123 e. The molecule has 0 spiro atoms. The minimum Gasteiger partial charge on any atom is -0.488 e. The van der Waals surface area contributed by atoms with E-state index in [-0.39, 0.29) is 12.7 Å². The van der Waals surface area contributed by atoms with Crippen LogP contribution >= 0.6 is 11.6 Å². The summed E-state index contributed by atoms with van der Waals surface area (Å²) in [5, 5.41) is 9.58. The third kappa shape index (κ3) is 2.67. The van der Waals surface area contributed by atoms with Crippen LogP contribution in [0.15, 0.2) is 18.2 Å². The Hall–Kier alpha value is -0.770. The van der Waals surface area contributed by atoms with Crippen LogP contribution in [0.2, 0.25) is 5.02 Å². The molecule has 1 aliphatic heterocycles. The highest BCUT2D eigenvalue weighted by Crippen LogP contribution is 2.31. The number of hydrogen-bond donors (Lipinski definition) is 1. The van der Waals surface area contributed by atoms with Crippen molar-refractivity contribution >= 4 is 11.6 Å². The molecule has 2 rings (SSSR count). The molecule has 0 saturated heterocycles. The van der Waals surface area contributed by atoms with E-state index >= 15 is 0 Å². The van der Waals surface area contributed by atoms with Crippen molar-refractivity contribution in [2.75, 3.05) is 26.7 Å². The summed E-state index contributed by atoms with van der Waals surface area (Å²) in [5.74, 6) is 0.937. The third-order valence-electron chi connectivity index (χ3n) is 2.76. The molecule has 88 valence electrons. The van der Waals surface area contributed by atoms with Crippen molar-refractivity contribution < 1.29 is 9.84 Å². The van der Waals surface area contributed by atoms with Gasteiger partial charge in [-0.05, 0) is 30.8 Å². The van der Waals surface area contributed by atoms with Crippen molar-refractivity contribution in [2.24, 2.45) is 0 Å². The quantitative estimate of drug-likeness (QED) is 0.869. The van der Waals surface area contributed by atoms with Crippen LogP contribution in [-0.2, 0) is 6.42 Å². The second kappa shape index (κ2) is 5.04. The minimum atomic E-state index is 0.171. The molecule has 1 aliphatic rings. The summed E-state index contributed by atoms with van der Waals surface area (Å²) in [6, 6.07) is 5.73. The van der Waals surface area contributed by atoms with Gasteiger partial charge < -0.3 is 14.7 Å². The van der Waals surface area contributed by atoms with Gasteiger partial charge in [-0.25, -0.2) is 0 Å². The van der Waals surface area contributed by atoms with Crippen molar-refractivity contribution in [3.63, 3.8) is 0 Å². The molecular formula is C12H16ClNO2. The van der Waals surface area contributed by atoms with E-state index in [9.17, 15) is 0 Å². The molecule has 4 heteroatoms. The summed E-state index contributed by atoms with van der Waals surface area (Å²) in [6.07, 6.45) is 1.07. The van der Waals surface area contributed by atoms with Gasteiger partial charge in [0.05, 0.1) is 6.61 Å². The van der Waals surface area contributed by atoms with Gasteiger partial charge in [-0.3, -0.25) is 0 Å². The highest BCUT2D eigenvalue weighted by atomic mass is 35.5. The summed E-state index contributed by atoms with van der Waals surface area (Å²) in [4.78, 5) is 2.07. The predicted octanol–water partition coefficient (Wildman–Crippen LogP) is 1.57. The molecule has 0 saturated carbocycles. The first-order valence-corrected chi connectivity index (χ1v) is 5.81. The molecule has 0 amide bonds. The number of fused-ring (bicyclic) bond motifs is 1. The third-order valence-corrected chi connectivity index (χ3v) is 3.00. The topological polar surface area (TPSA) is 32.7 Å². The Morgan fingerprint density at radius 3 is 3.12 bits per heavy atom. The van der Waals surface area contributed by atoms with Crippen LogP contribution in [0.5, 0.6) is 5.75 Å². The zero-order chi connectivity index (χ0) is 11.5. The van der Waals surface area contributed by atoms with Crippen LogP contribution in [-0.4, -0.2) is 42.9 Å². The molecule has 1 unspecified atom stereocenters. The smallest absolute Gasteiger partial charge is 0.123 e. The number of hydrogen-bond acceptors (Lipinski definition) is 3. The molecule has 1 N–H and O–H groups in total.